The molecule has 0 bridgehead atoms. The third kappa shape index (κ3) is 4.44. The number of Topliss-reactive ketones (excluding diaryl/α,β-unsaturated/α-hetero) is 1. The molecule has 0 atom stereocenters. The Balaban J connectivity index is 2.49. The van der Waals surface area contributed by atoms with Crippen LogP contribution >= 0.6 is 12.2 Å². The van der Waals surface area contributed by atoms with Gasteiger partial charge < -0.3 is 9.47 Å². The van der Waals surface area contributed by atoms with E-state index in [9.17, 15) is 4.79 Å². The summed E-state index contributed by atoms with van der Waals surface area (Å²) in [6, 6.07) is 6.09. The van der Waals surface area contributed by atoms with Crippen molar-refractivity contribution in [2.24, 2.45) is 5.41 Å². The van der Waals surface area contributed by atoms with Crippen LogP contribution in [0.2, 0.25) is 0 Å². The van der Waals surface area contributed by atoms with Crippen molar-refractivity contribution < 1.29 is 14.3 Å². The average Bonchev–Trinajstić information content (AvgIpc) is 2.38. The Kier molecular flexibility index (Phi) is 5.49. The molecule has 0 radical (unpaired) electrons. The topological polar surface area (TPSA) is 35.5 Å². The summed E-state index contributed by atoms with van der Waals surface area (Å²) in [7, 11) is 0. The molecule has 4 heteroatoms. The Morgan fingerprint density at radius 3 is 2.46 bits per heavy atom. The highest BCUT2D eigenvalue weighted by Gasteiger charge is 2.36. The number of thiocarbonyl (C=S) groups is 1. The van der Waals surface area contributed by atoms with Gasteiger partial charge in [0.1, 0.15) is 5.76 Å². The fourth-order valence-electron chi connectivity index (χ4n) is 3.06. The molecule has 1 aliphatic rings. The molecule has 0 saturated carbocycles. The second kappa shape index (κ2) is 7.06. The highest BCUT2D eigenvalue weighted by molar-refractivity contribution is 7.79. The van der Waals surface area contributed by atoms with Crippen molar-refractivity contribution in [1.29, 1.82) is 0 Å². The van der Waals surface area contributed by atoms with E-state index in [-0.39, 0.29) is 22.5 Å². The standard InChI is InChI=1S/C20H26O3S/c1-12(2)22-19(24)23-17-11-20(5,6)10-16(21)18(17)15-8-7-13(3)9-14(15)4/h7-9,12H,10-11H2,1-6H3. The molecular formula is C20H26O3S. The van der Waals surface area contributed by atoms with E-state index in [1.807, 2.05) is 39.8 Å². The van der Waals surface area contributed by atoms with Gasteiger partial charge in [-0.1, -0.05) is 37.6 Å². The highest BCUT2D eigenvalue weighted by atomic mass is 32.1. The zero-order chi connectivity index (χ0) is 18.1. The Labute approximate surface area is 150 Å². The van der Waals surface area contributed by atoms with Gasteiger partial charge in [0.05, 0.1) is 11.7 Å². The predicted octanol–water partition coefficient (Wildman–Crippen LogP) is 5.13. The van der Waals surface area contributed by atoms with Gasteiger partial charge in [-0.05, 0) is 44.2 Å². The molecular weight excluding hydrogens is 320 g/mol. The first kappa shape index (κ1) is 18.7. The largest absolute Gasteiger partial charge is 0.454 e. The SMILES string of the molecule is Cc1ccc(C2=C(OC(=S)OC(C)C)CC(C)(C)CC2=O)c(C)c1. The van der Waals surface area contributed by atoms with Gasteiger partial charge in [0.2, 0.25) is 0 Å². The molecule has 1 aromatic rings. The lowest BCUT2D eigenvalue weighted by atomic mass is 9.74. The molecule has 24 heavy (non-hydrogen) atoms. The summed E-state index contributed by atoms with van der Waals surface area (Å²) >= 11 is 5.19. The first-order valence-electron chi connectivity index (χ1n) is 8.31. The number of ether oxygens (including phenoxy) is 2. The fourth-order valence-corrected chi connectivity index (χ4v) is 3.36. The minimum Gasteiger partial charge on any atom is -0.454 e. The lowest BCUT2D eigenvalue weighted by Gasteiger charge is -2.32. The van der Waals surface area contributed by atoms with Crippen LogP contribution in [0.3, 0.4) is 0 Å². The molecule has 3 nitrogen and oxygen atoms in total. The normalized spacial score (nSPS) is 17.2. The average molecular weight is 346 g/mol. The van der Waals surface area contributed by atoms with Gasteiger partial charge in [-0.2, -0.15) is 0 Å². The number of carbonyl (C=O) groups is 1. The molecule has 0 spiro atoms. The van der Waals surface area contributed by atoms with Gasteiger partial charge in [0.25, 0.3) is 0 Å². The molecule has 0 amide bonds. The maximum atomic E-state index is 12.8. The number of ketones is 1. The monoisotopic (exact) mass is 346 g/mol. The van der Waals surface area contributed by atoms with Gasteiger partial charge >= 0.3 is 5.24 Å². The van der Waals surface area contributed by atoms with E-state index in [0.29, 0.717) is 24.2 Å². The van der Waals surface area contributed by atoms with Crippen molar-refractivity contribution in [2.45, 2.75) is 60.5 Å². The van der Waals surface area contributed by atoms with Crippen LogP contribution in [-0.2, 0) is 14.3 Å². The third-order valence-electron chi connectivity index (χ3n) is 4.03. The predicted molar refractivity (Wildman–Crippen MR) is 101 cm³/mol. The fraction of sp³-hybridized carbons (Fsp3) is 0.500. The van der Waals surface area contributed by atoms with Gasteiger partial charge in [-0.15, -0.1) is 0 Å². The van der Waals surface area contributed by atoms with Crippen LogP contribution in [0.4, 0.5) is 0 Å². The highest BCUT2D eigenvalue weighted by Crippen LogP contribution is 2.41. The number of aryl methyl sites for hydroxylation is 2. The van der Waals surface area contributed by atoms with Gasteiger partial charge in [0.15, 0.2) is 5.78 Å². The van der Waals surface area contributed by atoms with Crippen LogP contribution in [0.25, 0.3) is 5.57 Å². The summed E-state index contributed by atoms with van der Waals surface area (Å²) in [6.07, 6.45) is 1.10. The molecule has 0 aromatic heterocycles. The first-order valence-corrected chi connectivity index (χ1v) is 8.72. The molecule has 130 valence electrons. The third-order valence-corrected chi connectivity index (χ3v) is 4.21. The Hall–Kier alpha value is -1.68. The second-order valence-corrected chi connectivity index (χ2v) is 7.91. The van der Waals surface area contributed by atoms with Gasteiger partial charge in [-0.3, -0.25) is 4.79 Å². The maximum Gasteiger partial charge on any atom is 0.357 e. The van der Waals surface area contributed by atoms with E-state index in [2.05, 4.69) is 19.9 Å². The van der Waals surface area contributed by atoms with Gasteiger partial charge in [-0.25, -0.2) is 0 Å². The minimum absolute atomic E-state index is 0.0602. The molecule has 0 fully saturated rings. The Morgan fingerprint density at radius 1 is 1.21 bits per heavy atom. The number of hydrogen-bond donors (Lipinski definition) is 0. The smallest absolute Gasteiger partial charge is 0.357 e. The molecule has 0 N–H and O–H groups in total. The number of carbonyl (C=O) groups excluding carboxylic acids is 1. The van der Waals surface area contributed by atoms with Crippen molar-refractivity contribution >= 4 is 28.8 Å². The summed E-state index contributed by atoms with van der Waals surface area (Å²) in [5.74, 6) is 0.717. The van der Waals surface area contributed by atoms with Crippen molar-refractivity contribution in [3.63, 3.8) is 0 Å². The second-order valence-electron chi connectivity index (χ2n) is 7.58. The zero-order valence-electron chi connectivity index (χ0n) is 15.4. The molecule has 2 rings (SSSR count). The maximum absolute atomic E-state index is 12.8. The number of rotatable bonds is 3. The van der Waals surface area contributed by atoms with Crippen LogP contribution in [0, 0.1) is 19.3 Å². The van der Waals surface area contributed by atoms with Crippen molar-refractivity contribution in [1.82, 2.24) is 0 Å². The van der Waals surface area contributed by atoms with Crippen LogP contribution < -0.4 is 0 Å². The van der Waals surface area contributed by atoms with Crippen LogP contribution in [0.1, 0.15) is 57.2 Å². The summed E-state index contributed by atoms with van der Waals surface area (Å²) in [5, 5.41) is 0.0766. The van der Waals surface area contributed by atoms with Crippen LogP contribution in [-0.4, -0.2) is 17.1 Å². The van der Waals surface area contributed by atoms with Crippen molar-refractivity contribution in [3.05, 3.63) is 40.6 Å². The lowest BCUT2D eigenvalue weighted by molar-refractivity contribution is -0.116. The van der Waals surface area contributed by atoms with E-state index in [4.69, 9.17) is 21.7 Å². The zero-order valence-corrected chi connectivity index (χ0v) is 16.2. The van der Waals surface area contributed by atoms with E-state index in [1.54, 1.807) is 0 Å². The Bertz CT molecular complexity index is 699. The van der Waals surface area contributed by atoms with E-state index >= 15 is 0 Å². The van der Waals surface area contributed by atoms with Gasteiger partial charge in [0, 0.05) is 25.1 Å². The molecule has 1 aliphatic carbocycles. The van der Waals surface area contributed by atoms with Crippen molar-refractivity contribution in [2.75, 3.05) is 0 Å². The van der Waals surface area contributed by atoms with E-state index in [0.717, 1.165) is 11.1 Å². The molecule has 1 aromatic carbocycles. The summed E-state index contributed by atoms with van der Waals surface area (Å²) in [5.41, 5.74) is 3.64. The van der Waals surface area contributed by atoms with Crippen LogP contribution in [0.15, 0.2) is 24.0 Å². The molecule has 0 saturated heterocycles. The Morgan fingerprint density at radius 2 is 1.88 bits per heavy atom. The van der Waals surface area contributed by atoms with Crippen molar-refractivity contribution in [3.8, 4) is 0 Å². The molecule has 0 unspecified atom stereocenters. The summed E-state index contributed by atoms with van der Waals surface area (Å²) in [4.78, 5) is 12.8. The van der Waals surface area contributed by atoms with E-state index in [1.165, 1.54) is 5.56 Å². The lowest BCUT2D eigenvalue weighted by Crippen LogP contribution is -2.27. The van der Waals surface area contributed by atoms with Crippen LogP contribution in [0.5, 0.6) is 0 Å². The summed E-state index contributed by atoms with van der Waals surface area (Å²) < 4.78 is 11.3. The summed E-state index contributed by atoms with van der Waals surface area (Å²) in [6.45, 7) is 12.0. The van der Waals surface area contributed by atoms with E-state index < -0.39 is 0 Å². The minimum atomic E-state index is -0.151. The molecule has 0 aliphatic heterocycles. The molecule has 0 heterocycles. The quantitative estimate of drug-likeness (QED) is 0.711. The first-order chi connectivity index (χ1) is 11.1. The number of allylic oxidation sites excluding steroid dienone is 2. The number of hydrogen-bond acceptors (Lipinski definition) is 4. The number of benzene rings is 1.